The molecule has 0 saturated carbocycles. The van der Waals surface area contributed by atoms with Crippen LogP contribution in [0.2, 0.25) is 5.02 Å². The standard InChI is InChI=1S/C17H17ClN2O/c1-2-11-7-9-12(10-8-11)20-16(15(19)17(20)21)13-5-3-4-6-14(13)18/h3-10,15-16H,2,19H2,1H3/t15-,16+/m0/s1. The number of benzene rings is 2. The number of halogens is 1. The van der Waals surface area contributed by atoms with Crippen LogP contribution >= 0.6 is 11.6 Å². The van der Waals surface area contributed by atoms with Gasteiger partial charge in [0.1, 0.15) is 6.04 Å². The molecule has 1 saturated heterocycles. The second kappa shape index (κ2) is 5.51. The average Bonchev–Trinajstić information content (AvgIpc) is 2.53. The van der Waals surface area contributed by atoms with Gasteiger partial charge in [-0.1, -0.05) is 48.9 Å². The summed E-state index contributed by atoms with van der Waals surface area (Å²) in [5, 5.41) is 0.639. The number of rotatable bonds is 3. The molecule has 2 atom stereocenters. The van der Waals surface area contributed by atoms with Gasteiger partial charge in [-0.15, -0.1) is 0 Å². The molecule has 0 aliphatic carbocycles. The van der Waals surface area contributed by atoms with Crippen LogP contribution in [0.15, 0.2) is 48.5 Å². The van der Waals surface area contributed by atoms with Crippen molar-refractivity contribution in [2.24, 2.45) is 5.73 Å². The van der Waals surface area contributed by atoms with Crippen LogP contribution in [0, 0.1) is 0 Å². The lowest BCUT2D eigenvalue weighted by Gasteiger charge is -2.46. The summed E-state index contributed by atoms with van der Waals surface area (Å²) in [6.07, 6.45) is 0.974. The minimum absolute atomic E-state index is 0.0656. The Hall–Kier alpha value is -1.84. The third-order valence-electron chi connectivity index (χ3n) is 3.99. The van der Waals surface area contributed by atoms with Crippen LogP contribution in [0.3, 0.4) is 0 Å². The Morgan fingerprint density at radius 1 is 1.14 bits per heavy atom. The fourth-order valence-electron chi connectivity index (χ4n) is 2.74. The van der Waals surface area contributed by atoms with E-state index in [1.165, 1.54) is 5.56 Å². The summed E-state index contributed by atoms with van der Waals surface area (Å²) >= 11 is 6.25. The Kier molecular flexibility index (Phi) is 3.70. The number of nitrogens with zero attached hydrogens (tertiary/aromatic N) is 1. The molecule has 21 heavy (non-hydrogen) atoms. The zero-order valence-electron chi connectivity index (χ0n) is 11.8. The second-order valence-corrected chi connectivity index (χ2v) is 5.63. The normalized spacial score (nSPS) is 21.3. The molecule has 0 bridgehead atoms. The van der Waals surface area contributed by atoms with Crippen molar-refractivity contribution in [3.63, 3.8) is 0 Å². The SMILES string of the molecule is CCc1ccc(N2C(=O)[C@@H](N)[C@H]2c2ccccc2Cl)cc1. The minimum Gasteiger partial charge on any atom is -0.318 e. The molecule has 4 heteroatoms. The van der Waals surface area contributed by atoms with E-state index in [2.05, 4.69) is 6.92 Å². The molecule has 1 amide bonds. The van der Waals surface area contributed by atoms with E-state index < -0.39 is 6.04 Å². The molecule has 1 fully saturated rings. The Labute approximate surface area is 129 Å². The summed E-state index contributed by atoms with van der Waals surface area (Å²) in [5.74, 6) is -0.0656. The van der Waals surface area contributed by atoms with Crippen molar-refractivity contribution >= 4 is 23.2 Å². The predicted molar refractivity (Wildman–Crippen MR) is 85.5 cm³/mol. The van der Waals surface area contributed by atoms with Gasteiger partial charge in [-0.25, -0.2) is 0 Å². The van der Waals surface area contributed by atoms with Gasteiger partial charge in [0.25, 0.3) is 0 Å². The predicted octanol–water partition coefficient (Wildman–Crippen LogP) is 3.32. The fourth-order valence-corrected chi connectivity index (χ4v) is 2.99. The van der Waals surface area contributed by atoms with E-state index >= 15 is 0 Å². The maximum absolute atomic E-state index is 12.2. The Morgan fingerprint density at radius 3 is 2.43 bits per heavy atom. The molecule has 2 aromatic carbocycles. The highest BCUT2D eigenvalue weighted by molar-refractivity contribution is 6.31. The number of carbonyl (C=O) groups excluding carboxylic acids is 1. The Morgan fingerprint density at radius 2 is 1.81 bits per heavy atom. The van der Waals surface area contributed by atoms with Crippen LogP contribution in [-0.4, -0.2) is 11.9 Å². The van der Waals surface area contributed by atoms with Gasteiger partial charge in [0.15, 0.2) is 0 Å². The first-order valence-electron chi connectivity index (χ1n) is 7.05. The first-order valence-corrected chi connectivity index (χ1v) is 7.43. The van der Waals surface area contributed by atoms with E-state index in [1.54, 1.807) is 4.90 Å². The molecule has 2 N–H and O–H groups in total. The summed E-state index contributed by atoms with van der Waals surface area (Å²) in [5.41, 5.74) is 9.00. The van der Waals surface area contributed by atoms with E-state index in [0.717, 1.165) is 17.7 Å². The first-order chi connectivity index (χ1) is 10.1. The van der Waals surface area contributed by atoms with Crippen LogP contribution in [-0.2, 0) is 11.2 Å². The molecule has 0 unspecified atom stereocenters. The second-order valence-electron chi connectivity index (χ2n) is 5.22. The number of aryl methyl sites for hydroxylation is 1. The molecule has 1 aliphatic rings. The highest BCUT2D eigenvalue weighted by Crippen LogP contribution is 2.40. The molecule has 0 spiro atoms. The molecule has 3 rings (SSSR count). The molecular formula is C17H17ClN2O. The van der Waals surface area contributed by atoms with E-state index in [-0.39, 0.29) is 11.9 Å². The average molecular weight is 301 g/mol. The molecule has 0 aromatic heterocycles. The number of β-lactam (4-membered cyclic amide) rings is 1. The van der Waals surface area contributed by atoms with Crippen LogP contribution in [0.1, 0.15) is 24.1 Å². The van der Waals surface area contributed by atoms with Gasteiger partial charge < -0.3 is 10.6 Å². The Bertz CT molecular complexity index is 669. The van der Waals surface area contributed by atoms with Gasteiger partial charge in [-0.3, -0.25) is 4.79 Å². The van der Waals surface area contributed by atoms with Crippen molar-refractivity contribution in [1.29, 1.82) is 0 Å². The van der Waals surface area contributed by atoms with Crippen molar-refractivity contribution in [2.45, 2.75) is 25.4 Å². The number of carbonyl (C=O) groups is 1. The van der Waals surface area contributed by atoms with Crippen LogP contribution in [0.4, 0.5) is 5.69 Å². The highest BCUT2D eigenvalue weighted by Gasteiger charge is 2.47. The number of amides is 1. The molecule has 1 aliphatic heterocycles. The third-order valence-corrected chi connectivity index (χ3v) is 4.33. The first kappa shape index (κ1) is 14.1. The summed E-state index contributed by atoms with van der Waals surface area (Å²) in [6.45, 7) is 2.10. The summed E-state index contributed by atoms with van der Waals surface area (Å²) in [7, 11) is 0. The minimum atomic E-state index is -0.532. The van der Waals surface area contributed by atoms with Gasteiger partial charge in [-0.2, -0.15) is 0 Å². The maximum Gasteiger partial charge on any atom is 0.247 e. The highest BCUT2D eigenvalue weighted by atomic mass is 35.5. The van der Waals surface area contributed by atoms with Crippen molar-refractivity contribution in [2.75, 3.05) is 4.90 Å². The zero-order chi connectivity index (χ0) is 15.0. The van der Waals surface area contributed by atoms with E-state index in [9.17, 15) is 4.79 Å². The summed E-state index contributed by atoms with van der Waals surface area (Å²) < 4.78 is 0. The summed E-state index contributed by atoms with van der Waals surface area (Å²) in [6, 6.07) is 14.8. The van der Waals surface area contributed by atoms with Crippen molar-refractivity contribution in [1.82, 2.24) is 0 Å². The van der Waals surface area contributed by atoms with E-state index in [4.69, 9.17) is 17.3 Å². The van der Waals surface area contributed by atoms with E-state index in [1.807, 2.05) is 48.5 Å². The van der Waals surface area contributed by atoms with Gasteiger partial charge in [0.2, 0.25) is 5.91 Å². The zero-order valence-corrected chi connectivity index (χ0v) is 12.5. The van der Waals surface area contributed by atoms with Crippen LogP contribution in [0.5, 0.6) is 0 Å². The molecular weight excluding hydrogens is 284 g/mol. The van der Waals surface area contributed by atoms with Crippen LogP contribution in [0.25, 0.3) is 0 Å². The van der Waals surface area contributed by atoms with Gasteiger partial charge in [0.05, 0.1) is 6.04 Å². The smallest absolute Gasteiger partial charge is 0.247 e. The van der Waals surface area contributed by atoms with Gasteiger partial charge in [-0.05, 0) is 35.7 Å². The molecule has 108 valence electrons. The number of hydrogen-bond donors (Lipinski definition) is 1. The molecule has 0 radical (unpaired) electrons. The molecule has 3 nitrogen and oxygen atoms in total. The largest absolute Gasteiger partial charge is 0.318 e. The monoisotopic (exact) mass is 300 g/mol. The quantitative estimate of drug-likeness (QED) is 0.884. The van der Waals surface area contributed by atoms with Crippen molar-refractivity contribution < 1.29 is 4.79 Å². The Balaban J connectivity index is 1.96. The molecule has 2 aromatic rings. The number of nitrogens with two attached hydrogens (primary N) is 1. The summed E-state index contributed by atoms with van der Waals surface area (Å²) in [4.78, 5) is 13.9. The third kappa shape index (κ3) is 2.33. The van der Waals surface area contributed by atoms with Crippen LogP contribution < -0.4 is 10.6 Å². The fraction of sp³-hybridized carbons (Fsp3) is 0.235. The van der Waals surface area contributed by atoms with Gasteiger partial charge >= 0.3 is 0 Å². The molecule has 1 heterocycles. The van der Waals surface area contributed by atoms with Crippen molar-refractivity contribution in [3.05, 3.63) is 64.7 Å². The van der Waals surface area contributed by atoms with E-state index in [0.29, 0.717) is 5.02 Å². The lowest BCUT2D eigenvalue weighted by Crippen LogP contribution is -2.63. The number of anilines is 1. The lowest BCUT2D eigenvalue weighted by molar-refractivity contribution is -0.126. The van der Waals surface area contributed by atoms with Crippen molar-refractivity contribution in [3.8, 4) is 0 Å². The topological polar surface area (TPSA) is 46.3 Å². The van der Waals surface area contributed by atoms with Gasteiger partial charge in [0, 0.05) is 10.7 Å². The number of hydrogen-bond acceptors (Lipinski definition) is 2. The maximum atomic E-state index is 12.2. The lowest BCUT2D eigenvalue weighted by atomic mass is 9.88.